The van der Waals surface area contributed by atoms with E-state index < -0.39 is 12.0 Å². The number of carbonyl (C=O) groups is 3. The molecule has 1 aliphatic heterocycles. The lowest BCUT2D eigenvalue weighted by Gasteiger charge is -2.36. The van der Waals surface area contributed by atoms with E-state index in [1.807, 2.05) is 33.0 Å². The van der Waals surface area contributed by atoms with Crippen LogP contribution in [-0.4, -0.2) is 89.4 Å². The zero-order valence-electron chi connectivity index (χ0n) is 28.5. The van der Waals surface area contributed by atoms with Gasteiger partial charge in [-0.05, 0) is 88.9 Å². The van der Waals surface area contributed by atoms with Gasteiger partial charge in [-0.3, -0.25) is 14.5 Å². The smallest absolute Gasteiger partial charge is 0.335 e. The van der Waals surface area contributed by atoms with E-state index in [1.165, 1.54) is 0 Å². The molecule has 2 aromatic carbocycles. The molecule has 10 heteroatoms. The van der Waals surface area contributed by atoms with Crippen molar-refractivity contribution in [2.75, 3.05) is 38.7 Å². The molecule has 0 saturated heterocycles. The van der Waals surface area contributed by atoms with Gasteiger partial charge in [0.15, 0.2) is 0 Å². The summed E-state index contributed by atoms with van der Waals surface area (Å²) in [5, 5.41) is 22.5. The highest BCUT2D eigenvalue weighted by Crippen LogP contribution is 2.30. The van der Waals surface area contributed by atoms with Crippen LogP contribution in [0.15, 0.2) is 42.5 Å². The Bertz CT molecular complexity index is 1330. The first-order chi connectivity index (χ1) is 22.5. The Morgan fingerprint density at radius 3 is 2.40 bits per heavy atom. The van der Waals surface area contributed by atoms with Crippen molar-refractivity contribution in [1.29, 1.82) is 0 Å². The van der Waals surface area contributed by atoms with Crippen molar-refractivity contribution in [2.45, 2.75) is 96.9 Å². The number of nitrogens with one attached hydrogen (secondary N) is 1. The molecule has 10 nitrogen and oxygen atoms in total. The fourth-order valence-electron chi connectivity index (χ4n) is 6.51. The van der Waals surface area contributed by atoms with Crippen molar-refractivity contribution in [3.63, 3.8) is 0 Å². The van der Waals surface area contributed by atoms with Crippen LogP contribution < -0.4 is 10.1 Å². The lowest BCUT2D eigenvalue weighted by Crippen LogP contribution is -2.47. The molecule has 4 rings (SSSR count). The van der Waals surface area contributed by atoms with Gasteiger partial charge in [0.25, 0.3) is 5.91 Å². The molecule has 4 atom stereocenters. The van der Waals surface area contributed by atoms with Crippen LogP contribution in [0.1, 0.15) is 98.4 Å². The molecule has 3 N–H and O–H groups in total. The van der Waals surface area contributed by atoms with Crippen LogP contribution in [0.4, 0.5) is 5.69 Å². The number of aromatic carboxylic acids is 1. The Morgan fingerprint density at radius 1 is 1.02 bits per heavy atom. The second kappa shape index (κ2) is 17.6. The van der Waals surface area contributed by atoms with Crippen molar-refractivity contribution in [3.8, 4) is 5.75 Å². The summed E-state index contributed by atoms with van der Waals surface area (Å²) in [6.45, 7) is 7.82. The molecule has 258 valence electrons. The lowest BCUT2D eigenvalue weighted by atomic mass is 9.88. The maximum absolute atomic E-state index is 14.4. The van der Waals surface area contributed by atoms with Gasteiger partial charge in [0, 0.05) is 43.8 Å². The number of anilines is 1. The molecule has 2 aliphatic rings. The van der Waals surface area contributed by atoms with Gasteiger partial charge in [-0.2, -0.15) is 0 Å². The number of carbonyl (C=O) groups excluding carboxylic acids is 2. The Morgan fingerprint density at radius 2 is 1.72 bits per heavy atom. The third kappa shape index (κ3) is 10.5. The molecule has 47 heavy (non-hydrogen) atoms. The number of rotatable bonds is 9. The Balaban J connectivity index is 1.57. The van der Waals surface area contributed by atoms with E-state index in [0.29, 0.717) is 43.2 Å². The maximum Gasteiger partial charge on any atom is 0.335 e. The summed E-state index contributed by atoms with van der Waals surface area (Å²) in [4.78, 5) is 42.6. The predicted octanol–water partition coefficient (Wildman–Crippen LogP) is 5.83. The number of ether oxygens (including phenoxy) is 2. The van der Waals surface area contributed by atoms with E-state index in [2.05, 4.69) is 17.1 Å². The summed E-state index contributed by atoms with van der Waals surface area (Å²) in [5.41, 5.74) is 2.17. The van der Waals surface area contributed by atoms with E-state index in [-0.39, 0.29) is 48.0 Å². The van der Waals surface area contributed by atoms with E-state index in [1.54, 1.807) is 35.2 Å². The number of benzene rings is 2. The highest BCUT2D eigenvalue weighted by molar-refractivity contribution is 6.00. The van der Waals surface area contributed by atoms with Gasteiger partial charge in [-0.25, -0.2) is 4.79 Å². The van der Waals surface area contributed by atoms with Gasteiger partial charge in [-0.1, -0.05) is 38.3 Å². The van der Waals surface area contributed by atoms with Gasteiger partial charge in [0.2, 0.25) is 5.91 Å². The van der Waals surface area contributed by atoms with Crippen molar-refractivity contribution < 1.29 is 34.1 Å². The minimum absolute atomic E-state index is 0.0107. The summed E-state index contributed by atoms with van der Waals surface area (Å²) in [5.74, 6) is -0.854. The first kappa shape index (κ1) is 36.4. The van der Waals surface area contributed by atoms with Crippen molar-refractivity contribution in [3.05, 3.63) is 59.2 Å². The second-order valence-corrected chi connectivity index (χ2v) is 13.5. The number of aliphatic hydroxyl groups is 1. The van der Waals surface area contributed by atoms with Crippen LogP contribution in [0.3, 0.4) is 0 Å². The number of nitrogens with zero attached hydrogens (tertiary/aromatic N) is 2. The normalized spacial score (nSPS) is 22.6. The quantitative estimate of drug-likeness (QED) is 0.309. The van der Waals surface area contributed by atoms with E-state index >= 15 is 0 Å². The van der Waals surface area contributed by atoms with Gasteiger partial charge in [-0.15, -0.1) is 0 Å². The molecule has 2 amide bonds. The zero-order valence-corrected chi connectivity index (χ0v) is 28.5. The first-order valence-corrected chi connectivity index (χ1v) is 17.2. The lowest BCUT2D eigenvalue weighted by molar-refractivity contribution is -0.120. The van der Waals surface area contributed by atoms with Gasteiger partial charge >= 0.3 is 5.97 Å². The molecule has 2 aromatic rings. The summed E-state index contributed by atoms with van der Waals surface area (Å²) < 4.78 is 12.8. The highest BCUT2D eigenvalue weighted by atomic mass is 16.5. The summed E-state index contributed by atoms with van der Waals surface area (Å²) >= 11 is 0. The monoisotopic (exact) mass is 651 g/mol. The topological polar surface area (TPSA) is 129 Å². The fourth-order valence-corrected chi connectivity index (χ4v) is 6.51. The minimum atomic E-state index is -0.952. The van der Waals surface area contributed by atoms with Crippen LogP contribution in [0, 0.1) is 11.8 Å². The van der Waals surface area contributed by atoms with E-state index in [0.717, 1.165) is 56.9 Å². The number of fused-ring (bicyclic) bond motifs is 1. The summed E-state index contributed by atoms with van der Waals surface area (Å²) in [6, 6.07) is 11.7. The number of likely N-dealkylation sites (N-methyl/N-ethyl adjacent to an activating group) is 1. The molecule has 1 aliphatic carbocycles. The van der Waals surface area contributed by atoms with Crippen LogP contribution in [0.2, 0.25) is 0 Å². The third-order valence-corrected chi connectivity index (χ3v) is 9.44. The number of carboxylic acids is 1. The van der Waals surface area contributed by atoms with Gasteiger partial charge in [0.05, 0.1) is 36.0 Å². The number of hydrogen-bond acceptors (Lipinski definition) is 7. The second-order valence-electron chi connectivity index (χ2n) is 13.5. The minimum Gasteiger partial charge on any atom is -0.490 e. The van der Waals surface area contributed by atoms with Gasteiger partial charge < -0.3 is 29.9 Å². The molecule has 0 bridgehead atoms. The number of aliphatic hydroxyl groups excluding tert-OH is 1. The molecule has 1 fully saturated rings. The number of amides is 2. The average Bonchev–Trinajstić information content (AvgIpc) is 3.06. The first-order valence-electron chi connectivity index (χ1n) is 17.2. The number of hydrogen-bond donors (Lipinski definition) is 3. The van der Waals surface area contributed by atoms with Crippen molar-refractivity contribution >= 4 is 23.5 Å². The van der Waals surface area contributed by atoms with Crippen LogP contribution in [-0.2, 0) is 16.1 Å². The summed E-state index contributed by atoms with van der Waals surface area (Å²) in [6.07, 6.45) is 7.26. The van der Waals surface area contributed by atoms with E-state index in [9.17, 15) is 24.6 Å². The average molecular weight is 652 g/mol. The van der Waals surface area contributed by atoms with Crippen molar-refractivity contribution in [2.24, 2.45) is 11.8 Å². The zero-order chi connectivity index (χ0) is 33.9. The molecule has 0 radical (unpaired) electrons. The van der Waals surface area contributed by atoms with Crippen LogP contribution >= 0.6 is 0 Å². The Hall–Kier alpha value is -3.47. The van der Waals surface area contributed by atoms with Crippen molar-refractivity contribution in [1.82, 2.24) is 9.80 Å². The Kier molecular flexibility index (Phi) is 13.6. The molecule has 0 spiro atoms. The largest absolute Gasteiger partial charge is 0.490 e. The van der Waals surface area contributed by atoms with Crippen LogP contribution in [0.5, 0.6) is 5.75 Å². The molecule has 0 unspecified atom stereocenters. The molecule has 0 aromatic heterocycles. The molecule has 1 heterocycles. The number of carboxylic acid groups (broad SMARTS) is 1. The van der Waals surface area contributed by atoms with E-state index in [4.69, 9.17) is 9.47 Å². The fraction of sp³-hybridized carbons (Fsp3) is 0.595. The highest BCUT2D eigenvalue weighted by Gasteiger charge is 2.31. The molecule has 1 saturated carbocycles. The molecular formula is C37H53N3O7. The third-order valence-electron chi connectivity index (χ3n) is 9.44. The van der Waals surface area contributed by atoms with Gasteiger partial charge in [0.1, 0.15) is 5.75 Å². The molecular weight excluding hydrogens is 598 g/mol. The van der Waals surface area contributed by atoms with Crippen LogP contribution in [0.25, 0.3) is 0 Å². The summed E-state index contributed by atoms with van der Waals surface area (Å²) in [7, 11) is 2.00. The SMILES string of the molecule is C[C@@H]1CN([C@@H](C)CO)C(=O)c2cc(NC(=O)C3CCCCC3)ccc2O[C@@H](C)CCCCO[C@@H]1CN(C)Cc1ccc(C(=O)O)cc1. The predicted molar refractivity (Wildman–Crippen MR) is 182 cm³/mol. The standard InChI is InChI=1S/C37H53N3O7/c1-25-21-40(26(2)24-41)36(43)32-20-31(38-35(42)29-11-6-5-7-12-29)17-18-33(32)47-27(3)10-8-9-19-46-34(25)23-39(4)22-28-13-15-30(16-14-28)37(44)45/h13-18,20,25-27,29,34,41H,5-12,19,21-24H2,1-4H3,(H,38,42)(H,44,45)/t25-,26+,27+,34-/m1/s1. The Labute approximate surface area is 279 Å². The maximum atomic E-state index is 14.4.